The Morgan fingerprint density at radius 3 is 2.18 bits per heavy atom. The summed E-state index contributed by atoms with van der Waals surface area (Å²) in [6.45, 7) is 6.23. The monoisotopic (exact) mass is 357 g/mol. The Kier molecular flexibility index (Phi) is 5.19. The van der Waals surface area contributed by atoms with E-state index in [4.69, 9.17) is 0 Å². The van der Waals surface area contributed by atoms with E-state index in [2.05, 4.69) is 42.0 Å². The lowest BCUT2D eigenvalue weighted by Crippen LogP contribution is -2.34. The van der Waals surface area contributed by atoms with E-state index in [-0.39, 0.29) is 11.3 Å². The molecule has 0 bridgehead atoms. The van der Waals surface area contributed by atoms with E-state index in [0.717, 1.165) is 15.7 Å². The third kappa shape index (κ3) is 4.57. The largest absolute Gasteiger partial charge is 0.380 e. The first kappa shape index (κ1) is 16.5. The highest BCUT2D eigenvalue weighted by Gasteiger charge is 2.15. The summed E-state index contributed by atoms with van der Waals surface area (Å²) in [6.07, 6.45) is 1.67. The second-order valence-corrected chi connectivity index (χ2v) is 7.00. The molecule has 0 radical (unpaired) electrons. The van der Waals surface area contributed by atoms with E-state index in [1.165, 1.54) is 0 Å². The third-order valence-electron chi connectivity index (χ3n) is 3.01. The molecule has 2 aromatic carbocycles. The molecule has 3 heteroatoms. The number of ketones is 1. The predicted octanol–water partition coefficient (Wildman–Crippen LogP) is 5.06. The smallest absolute Gasteiger partial charge is 0.189 e. The van der Waals surface area contributed by atoms with Gasteiger partial charge in [0.15, 0.2) is 5.78 Å². The van der Waals surface area contributed by atoms with Crippen LogP contribution in [-0.2, 0) is 0 Å². The van der Waals surface area contributed by atoms with Gasteiger partial charge in [0.05, 0.1) is 0 Å². The van der Waals surface area contributed by atoms with Gasteiger partial charge in [-0.3, -0.25) is 4.79 Å². The minimum atomic E-state index is -0.129. The lowest BCUT2D eigenvalue weighted by molar-refractivity contribution is 0.104. The van der Waals surface area contributed by atoms with Crippen LogP contribution in [0.2, 0.25) is 0 Å². The average Bonchev–Trinajstić information content (AvgIpc) is 2.46. The Balaban J connectivity index is 2.41. The van der Waals surface area contributed by atoms with Crippen LogP contribution in [0.15, 0.2) is 65.1 Å². The highest BCUT2D eigenvalue weighted by molar-refractivity contribution is 9.10. The topological polar surface area (TPSA) is 29.1 Å². The molecule has 2 nitrogen and oxygen atoms in total. The molecule has 0 saturated carbocycles. The molecule has 0 aliphatic rings. The van der Waals surface area contributed by atoms with Crippen molar-refractivity contribution < 1.29 is 4.79 Å². The number of hydrogen-bond donors (Lipinski definition) is 1. The Labute approximate surface area is 140 Å². The molecule has 0 unspecified atom stereocenters. The summed E-state index contributed by atoms with van der Waals surface area (Å²) in [7, 11) is 0. The van der Waals surface area contributed by atoms with Crippen LogP contribution < -0.4 is 5.32 Å². The maximum Gasteiger partial charge on any atom is 0.189 e. The molecule has 2 rings (SSSR count). The van der Waals surface area contributed by atoms with E-state index >= 15 is 0 Å². The zero-order valence-electron chi connectivity index (χ0n) is 13.1. The highest BCUT2D eigenvalue weighted by Crippen LogP contribution is 2.20. The predicted molar refractivity (Wildman–Crippen MR) is 95.8 cm³/mol. The SMILES string of the molecule is CC(C)(C)N/C(=C/C(=O)c1ccccc1Br)c1ccccc1. The van der Waals surface area contributed by atoms with Gasteiger partial charge in [-0.15, -0.1) is 0 Å². The van der Waals surface area contributed by atoms with Gasteiger partial charge in [-0.1, -0.05) is 58.4 Å². The number of hydrogen-bond acceptors (Lipinski definition) is 2. The van der Waals surface area contributed by atoms with Crippen molar-refractivity contribution >= 4 is 27.4 Å². The van der Waals surface area contributed by atoms with Crippen LogP contribution in [0.5, 0.6) is 0 Å². The number of halogens is 1. The number of carbonyl (C=O) groups is 1. The minimum absolute atomic E-state index is 0.0249. The summed E-state index contributed by atoms with van der Waals surface area (Å²) in [5, 5.41) is 3.42. The fraction of sp³-hybridized carbons (Fsp3) is 0.211. The molecular formula is C19H20BrNO. The summed E-state index contributed by atoms with van der Waals surface area (Å²) < 4.78 is 0.805. The summed E-state index contributed by atoms with van der Waals surface area (Å²) in [4.78, 5) is 12.6. The van der Waals surface area contributed by atoms with Crippen molar-refractivity contribution in [3.63, 3.8) is 0 Å². The Hall–Kier alpha value is -1.87. The molecule has 1 N–H and O–H groups in total. The molecular weight excluding hydrogens is 338 g/mol. The molecule has 0 atom stereocenters. The molecule has 0 saturated heterocycles. The van der Waals surface area contributed by atoms with Gasteiger partial charge in [0.25, 0.3) is 0 Å². The molecule has 0 spiro atoms. The van der Waals surface area contributed by atoms with Crippen LogP contribution in [0.4, 0.5) is 0 Å². The Bertz CT molecular complexity index is 684. The van der Waals surface area contributed by atoms with Crippen LogP contribution in [0.3, 0.4) is 0 Å². The molecule has 114 valence electrons. The van der Waals surface area contributed by atoms with E-state index in [0.29, 0.717) is 5.56 Å². The first-order chi connectivity index (χ1) is 10.4. The summed E-state index contributed by atoms with van der Waals surface area (Å²) in [5.74, 6) is -0.0249. The Morgan fingerprint density at radius 1 is 1.00 bits per heavy atom. The summed E-state index contributed by atoms with van der Waals surface area (Å²) >= 11 is 3.43. The number of benzene rings is 2. The van der Waals surface area contributed by atoms with Crippen molar-refractivity contribution in [3.05, 3.63) is 76.3 Å². The fourth-order valence-electron chi connectivity index (χ4n) is 2.08. The molecule has 2 aromatic rings. The first-order valence-corrected chi connectivity index (χ1v) is 8.00. The minimum Gasteiger partial charge on any atom is -0.380 e. The second kappa shape index (κ2) is 6.93. The molecule has 0 fully saturated rings. The maximum atomic E-state index is 12.6. The van der Waals surface area contributed by atoms with E-state index in [1.807, 2.05) is 54.6 Å². The van der Waals surface area contributed by atoms with E-state index in [1.54, 1.807) is 6.08 Å². The molecule has 22 heavy (non-hydrogen) atoms. The molecule has 0 aliphatic heterocycles. The highest BCUT2D eigenvalue weighted by atomic mass is 79.9. The van der Waals surface area contributed by atoms with Gasteiger partial charge in [0.1, 0.15) is 0 Å². The average molecular weight is 358 g/mol. The van der Waals surface area contributed by atoms with Gasteiger partial charge in [-0.05, 0) is 38.5 Å². The van der Waals surface area contributed by atoms with Crippen molar-refractivity contribution in [1.29, 1.82) is 0 Å². The zero-order chi connectivity index (χ0) is 16.2. The summed E-state index contributed by atoms with van der Waals surface area (Å²) in [6, 6.07) is 17.4. The van der Waals surface area contributed by atoms with Crippen molar-refractivity contribution in [2.45, 2.75) is 26.3 Å². The van der Waals surface area contributed by atoms with E-state index in [9.17, 15) is 4.79 Å². The molecule has 0 heterocycles. The van der Waals surface area contributed by atoms with Gasteiger partial charge in [-0.25, -0.2) is 0 Å². The maximum absolute atomic E-state index is 12.6. The second-order valence-electron chi connectivity index (χ2n) is 6.14. The van der Waals surface area contributed by atoms with Crippen LogP contribution in [0.25, 0.3) is 5.70 Å². The molecule has 0 aromatic heterocycles. The van der Waals surface area contributed by atoms with Crippen LogP contribution in [-0.4, -0.2) is 11.3 Å². The number of rotatable bonds is 4. The van der Waals surface area contributed by atoms with Crippen molar-refractivity contribution in [1.82, 2.24) is 5.32 Å². The van der Waals surface area contributed by atoms with Gasteiger partial charge < -0.3 is 5.32 Å². The van der Waals surface area contributed by atoms with Gasteiger partial charge >= 0.3 is 0 Å². The molecule has 0 aliphatic carbocycles. The first-order valence-electron chi connectivity index (χ1n) is 7.21. The van der Waals surface area contributed by atoms with Crippen LogP contribution in [0.1, 0.15) is 36.7 Å². The zero-order valence-corrected chi connectivity index (χ0v) is 14.6. The number of nitrogens with one attached hydrogen (secondary N) is 1. The summed E-state index contributed by atoms with van der Waals surface area (Å²) in [5.41, 5.74) is 2.36. The van der Waals surface area contributed by atoms with Crippen molar-refractivity contribution in [2.75, 3.05) is 0 Å². The Morgan fingerprint density at radius 2 is 1.59 bits per heavy atom. The molecule has 0 amide bonds. The van der Waals surface area contributed by atoms with E-state index < -0.39 is 0 Å². The standard InChI is InChI=1S/C19H20BrNO/c1-19(2,3)21-17(14-9-5-4-6-10-14)13-18(22)15-11-7-8-12-16(15)20/h4-13,21H,1-3H3/b17-13+. The van der Waals surface area contributed by atoms with Gasteiger partial charge in [0.2, 0.25) is 0 Å². The van der Waals surface area contributed by atoms with Crippen LogP contribution in [0, 0.1) is 0 Å². The van der Waals surface area contributed by atoms with Crippen molar-refractivity contribution in [2.24, 2.45) is 0 Å². The fourth-order valence-corrected chi connectivity index (χ4v) is 2.56. The van der Waals surface area contributed by atoms with Crippen LogP contribution >= 0.6 is 15.9 Å². The quantitative estimate of drug-likeness (QED) is 0.611. The number of allylic oxidation sites excluding steroid dienone is 1. The van der Waals surface area contributed by atoms with Crippen molar-refractivity contribution in [3.8, 4) is 0 Å². The lowest BCUT2D eigenvalue weighted by Gasteiger charge is -2.24. The third-order valence-corrected chi connectivity index (χ3v) is 3.70. The number of carbonyl (C=O) groups excluding carboxylic acids is 1. The van der Waals surface area contributed by atoms with Gasteiger partial charge in [0, 0.05) is 27.3 Å². The normalized spacial score (nSPS) is 12.1. The van der Waals surface area contributed by atoms with Gasteiger partial charge in [-0.2, -0.15) is 0 Å². The lowest BCUT2D eigenvalue weighted by atomic mass is 10.0.